The van der Waals surface area contributed by atoms with Gasteiger partial charge in [-0.05, 0) is 18.6 Å². The molecule has 0 fully saturated rings. The van der Waals surface area contributed by atoms with Crippen molar-refractivity contribution in [2.75, 3.05) is 0 Å². The summed E-state index contributed by atoms with van der Waals surface area (Å²) in [6.45, 7) is 6.14. The highest BCUT2D eigenvalue weighted by Crippen LogP contribution is 2.27. The van der Waals surface area contributed by atoms with Crippen LogP contribution >= 0.6 is 30.3 Å². The summed E-state index contributed by atoms with van der Waals surface area (Å²) in [6.07, 6.45) is 2.17. The van der Waals surface area contributed by atoms with Crippen LogP contribution in [0.5, 0.6) is 0 Å². The van der Waals surface area contributed by atoms with Crippen LogP contribution in [0.15, 0.2) is 30.5 Å². The molecule has 0 bridgehead atoms. The van der Waals surface area contributed by atoms with E-state index in [0.717, 1.165) is 0 Å². The van der Waals surface area contributed by atoms with Gasteiger partial charge in [0.15, 0.2) is 0 Å². The predicted molar refractivity (Wildman–Crippen MR) is 75.0 cm³/mol. The number of benzene rings is 1. The maximum atomic E-state index is 2.29. The number of para-hydroxylation sites is 1. The van der Waals surface area contributed by atoms with Gasteiger partial charge in [0.05, 0.1) is 5.52 Å². The van der Waals surface area contributed by atoms with Gasteiger partial charge in [-0.1, -0.05) is 32.0 Å². The molecule has 2 aromatic rings. The minimum atomic E-state index is 1.30. The van der Waals surface area contributed by atoms with Gasteiger partial charge in [0.25, 0.3) is 0 Å². The molecule has 1 aromatic carbocycles. The van der Waals surface area contributed by atoms with Gasteiger partial charge in [0.1, 0.15) is 0 Å². The monoisotopic (exact) mass is 319 g/mol. The van der Waals surface area contributed by atoms with E-state index in [1.165, 1.54) is 16.5 Å². The van der Waals surface area contributed by atoms with Crippen LogP contribution in [0.25, 0.3) is 10.9 Å². The van der Waals surface area contributed by atoms with Crippen LogP contribution in [0.2, 0.25) is 0 Å². The molecular weight excluding hydrogens is 305 g/mol. The van der Waals surface area contributed by atoms with Crippen LogP contribution in [0.3, 0.4) is 0 Å². The lowest BCUT2D eigenvalue weighted by atomic mass is 10.2. The molecule has 0 aliphatic carbocycles. The Morgan fingerprint density at radius 2 is 1.86 bits per heavy atom. The van der Waals surface area contributed by atoms with Crippen molar-refractivity contribution in [3.8, 4) is 0 Å². The van der Waals surface area contributed by atoms with Crippen LogP contribution in [0.1, 0.15) is 19.4 Å². The smallest absolute Gasteiger partial charge is 0.0601 e. The molecule has 1 aromatic heterocycles. The largest absolute Gasteiger partial charge is 0.282 e. The number of rotatable bonds is 1. The first-order valence-corrected chi connectivity index (χ1v) is 8.00. The molecule has 0 N–H and O–H groups in total. The summed E-state index contributed by atoms with van der Waals surface area (Å²) in [5.41, 5.74) is 2.64. The van der Waals surface area contributed by atoms with Gasteiger partial charge in [-0.2, -0.15) is 0 Å². The molecule has 0 unspecified atom stereocenters. The Balaban J connectivity index is 0.000000461. The first-order chi connectivity index (χ1) is 6.83. The molecule has 14 heavy (non-hydrogen) atoms. The van der Waals surface area contributed by atoms with E-state index in [1.807, 2.05) is 13.8 Å². The highest BCUT2D eigenvalue weighted by Gasteiger charge is 2.02. The number of nitrogens with zero attached hydrogens (tertiary/aromatic N) is 1. The number of hydrogen-bond acceptors (Lipinski definition) is 1. The average Bonchev–Trinajstić information content (AvgIpc) is 2.59. The van der Waals surface area contributed by atoms with Gasteiger partial charge in [-0.15, -0.1) is 0 Å². The van der Waals surface area contributed by atoms with Crippen molar-refractivity contribution in [2.24, 2.45) is 0 Å². The second kappa shape index (κ2) is 5.66. The SMILES string of the molecule is CC.Cc1cn(SI)c2ccccc12. The molecule has 0 aliphatic rings. The lowest BCUT2D eigenvalue weighted by Crippen LogP contribution is -1.76. The molecule has 0 aliphatic heterocycles. The van der Waals surface area contributed by atoms with E-state index in [2.05, 4.69) is 62.6 Å². The van der Waals surface area contributed by atoms with E-state index < -0.39 is 0 Å². The molecule has 0 saturated carbocycles. The average molecular weight is 319 g/mol. The topological polar surface area (TPSA) is 4.93 Å². The lowest BCUT2D eigenvalue weighted by Gasteiger charge is -1.95. The first kappa shape index (κ1) is 11.9. The fourth-order valence-electron chi connectivity index (χ4n) is 1.37. The standard InChI is InChI=1S/C9H8INS.C2H6/c1-7-6-11(12-10)9-5-3-2-4-8(7)9;1-2/h2-6H,1H3;1-2H3. The lowest BCUT2D eigenvalue weighted by molar-refractivity contribution is 1.34. The zero-order valence-corrected chi connectivity index (χ0v) is 11.6. The maximum absolute atomic E-state index is 2.29. The normalized spacial score (nSPS) is 9.71. The van der Waals surface area contributed by atoms with Gasteiger partial charge in [-0.3, -0.25) is 3.97 Å². The van der Waals surface area contributed by atoms with Gasteiger partial charge >= 0.3 is 0 Å². The summed E-state index contributed by atoms with van der Waals surface area (Å²) in [5.74, 6) is 0. The molecule has 2 rings (SSSR count). The number of fused-ring (bicyclic) bond motifs is 1. The van der Waals surface area contributed by atoms with Crippen LogP contribution in [0, 0.1) is 6.92 Å². The molecule has 0 saturated heterocycles. The van der Waals surface area contributed by atoms with Crippen molar-refractivity contribution in [3.05, 3.63) is 36.0 Å². The van der Waals surface area contributed by atoms with E-state index >= 15 is 0 Å². The third-order valence-corrected chi connectivity index (χ3v) is 3.68. The van der Waals surface area contributed by atoms with Crippen LogP contribution in [-0.2, 0) is 0 Å². The fraction of sp³-hybridized carbons (Fsp3) is 0.273. The molecule has 0 atom stereocenters. The van der Waals surface area contributed by atoms with Crippen molar-refractivity contribution in [1.82, 2.24) is 3.97 Å². The number of hydrogen-bond donors (Lipinski definition) is 0. The van der Waals surface area contributed by atoms with E-state index in [-0.39, 0.29) is 0 Å². The summed E-state index contributed by atoms with van der Waals surface area (Å²) in [6, 6.07) is 8.46. The van der Waals surface area contributed by atoms with Crippen LogP contribution in [-0.4, -0.2) is 3.97 Å². The molecular formula is C11H14INS. The molecule has 0 spiro atoms. The highest BCUT2D eigenvalue weighted by molar-refractivity contribution is 14.2. The second-order valence-electron chi connectivity index (χ2n) is 2.72. The predicted octanol–water partition coefficient (Wildman–Crippen LogP) is 4.82. The van der Waals surface area contributed by atoms with Crippen LogP contribution in [0.4, 0.5) is 0 Å². The Morgan fingerprint density at radius 1 is 1.21 bits per heavy atom. The van der Waals surface area contributed by atoms with E-state index in [0.29, 0.717) is 0 Å². The Hall–Kier alpha value is -0.160. The molecule has 76 valence electrons. The Bertz CT molecular complexity index is 409. The van der Waals surface area contributed by atoms with E-state index in [1.54, 1.807) is 9.12 Å². The van der Waals surface area contributed by atoms with E-state index in [4.69, 9.17) is 0 Å². The quantitative estimate of drug-likeness (QED) is 0.682. The zero-order valence-electron chi connectivity index (χ0n) is 8.62. The number of aromatic nitrogens is 1. The van der Waals surface area contributed by atoms with Gasteiger partial charge in [0, 0.05) is 41.9 Å². The minimum Gasteiger partial charge on any atom is -0.282 e. The highest BCUT2D eigenvalue weighted by atomic mass is 127. The zero-order chi connectivity index (χ0) is 10.6. The maximum Gasteiger partial charge on any atom is 0.0601 e. The van der Waals surface area contributed by atoms with Crippen molar-refractivity contribution in [1.29, 1.82) is 0 Å². The second-order valence-corrected chi connectivity index (χ2v) is 4.44. The number of aryl methyl sites for hydroxylation is 1. The number of halogens is 1. The summed E-state index contributed by atoms with van der Waals surface area (Å²) < 4.78 is 2.19. The first-order valence-electron chi connectivity index (χ1n) is 4.68. The minimum absolute atomic E-state index is 1.30. The fourth-order valence-corrected chi connectivity index (χ4v) is 2.78. The summed E-state index contributed by atoms with van der Waals surface area (Å²) >= 11 is 2.29. The summed E-state index contributed by atoms with van der Waals surface area (Å²) in [5, 5.41) is 1.35. The Labute approximate surface area is 102 Å². The van der Waals surface area contributed by atoms with Gasteiger partial charge in [0.2, 0.25) is 0 Å². The van der Waals surface area contributed by atoms with Gasteiger partial charge < -0.3 is 0 Å². The van der Waals surface area contributed by atoms with Crippen molar-refractivity contribution in [3.63, 3.8) is 0 Å². The molecule has 0 amide bonds. The van der Waals surface area contributed by atoms with Crippen molar-refractivity contribution in [2.45, 2.75) is 20.8 Å². The van der Waals surface area contributed by atoms with E-state index in [9.17, 15) is 0 Å². The molecule has 1 nitrogen and oxygen atoms in total. The summed E-state index contributed by atoms with van der Waals surface area (Å²) in [4.78, 5) is 0. The van der Waals surface area contributed by atoms with Crippen LogP contribution < -0.4 is 0 Å². The molecule has 1 heterocycles. The van der Waals surface area contributed by atoms with Crippen molar-refractivity contribution < 1.29 is 0 Å². The third-order valence-electron chi connectivity index (χ3n) is 1.95. The summed E-state index contributed by atoms with van der Waals surface area (Å²) in [7, 11) is 1.71. The molecule has 3 heteroatoms. The Kier molecular flexibility index (Phi) is 4.81. The molecule has 0 radical (unpaired) electrons. The third kappa shape index (κ3) is 2.25. The van der Waals surface area contributed by atoms with Crippen molar-refractivity contribution >= 4 is 41.2 Å². The van der Waals surface area contributed by atoms with Gasteiger partial charge in [-0.25, -0.2) is 0 Å². The Morgan fingerprint density at radius 3 is 2.50 bits per heavy atom.